The Balaban J connectivity index is 1.44. The zero-order valence-electron chi connectivity index (χ0n) is 16.8. The summed E-state index contributed by atoms with van der Waals surface area (Å²) < 4.78 is 12.1. The van der Waals surface area contributed by atoms with Crippen molar-refractivity contribution < 1.29 is 14.6 Å². The molecule has 0 aromatic heterocycles. The lowest BCUT2D eigenvalue weighted by molar-refractivity contribution is -0.185. The van der Waals surface area contributed by atoms with Gasteiger partial charge in [0.1, 0.15) is 0 Å². The molecule has 0 aromatic carbocycles. The molecule has 4 fully saturated rings. The van der Waals surface area contributed by atoms with Gasteiger partial charge in [-0.05, 0) is 80.0 Å². The second kappa shape index (κ2) is 5.81. The topological polar surface area (TPSA) is 38.7 Å². The van der Waals surface area contributed by atoms with E-state index < -0.39 is 0 Å². The lowest BCUT2D eigenvalue weighted by atomic mass is 9.47. The molecule has 1 N–H and O–H groups in total. The first-order valence-corrected chi connectivity index (χ1v) is 11.0. The molecule has 5 unspecified atom stereocenters. The molecule has 3 heteroatoms. The molecule has 7 atom stereocenters. The highest BCUT2D eigenvalue weighted by Gasteiger charge is 2.60. The van der Waals surface area contributed by atoms with Crippen molar-refractivity contribution in [2.75, 3.05) is 13.2 Å². The zero-order valence-corrected chi connectivity index (χ0v) is 16.8. The Morgan fingerprint density at radius 3 is 2.54 bits per heavy atom. The van der Waals surface area contributed by atoms with E-state index >= 15 is 0 Å². The molecule has 1 heterocycles. The third-order valence-corrected chi connectivity index (χ3v) is 9.58. The van der Waals surface area contributed by atoms with Gasteiger partial charge in [-0.1, -0.05) is 25.5 Å². The molecule has 0 bridgehead atoms. The van der Waals surface area contributed by atoms with Gasteiger partial charge in [-0.15, -0.1) is 0 Å². The Labute approximate surface area is 158 Å². The molecular formula is C23H36O3. The molecular weight excluding hydrogens is 324 g/mol. The second-order valence-electron chi connectivity index (χ2n) is 10.5. The van der Waals surface area contributed by atoms with Crippen molar-refractivity contribution in [3.8, 4) is 0 Å². The standard InChI is InChI=1S/C23H36O3/c1-15(24)18-6-7-19-17-5-4-16-14-23(25-12-13-26-23)11-10-21(16,2)20(17)8-9-22(18,19)3/h4,15,17-20,24H,5-14H2,1-3H3/t15?,17?,18?,19?,20?,21-,22+/m0/s1. The number of aliphatic hydroxyl groups is 1. The van der Waals surface area contributed by atoms with Crippen LogP contribution < -0.4 is 0 Å². The number of hydrogen-bond donors (Lipinski definition) is 1. The molecule has 4 aliphatic carbocycles. The molecule has 26 heavy (non-hydrogen) atoms. The van der Waals surface area contributed by atoms with Gasteiger partial charge in [-0.3, -0.25) is 0 Å². The molecule has 0 radical (unpaired) electrons. The molecule has 3 saturated carbocycles. The zero-order chi connectivity index (χ0) is 18.2. The molecule has 5 rings (SSSR count). The number of fused-ring (bicyclic) bond motifs is 5. The minimum absolute atomic E-state index is 0.155. The first-order chi connectivity index (χ1) is 12.4. The van der Waals surface area contributed by atoms with Crippen LogP contribution in [0, 0.1) is 34.5 Å². The van der Waals surface area contributed by atoms with Gasteiger partial charge in [0.25, 0.3) is 0 Å². The summed E-state index contributed by atoms with van der Waals surface area (Å²) in [5.41, 5.74) is 2.32. The van der Waals surface area contributed by atoms with E-state index in [2.05, 4.69) is 19.9 Å². The smallest absolute Gasteiger partial charge is 0.172 e. The number of aliphatic hydroxyl groups excluding tert-OH is 1. The monoisotopic (exact) mass is 360 g/mol. The third-order valence-electron chi connectivity index (χ3n) is 9.58. The van der Waals surface area contributed by atoms with E-state index in [1.807, 2.05) is 6.92 Å². The molecule has 0 amide bonds. The summed E-state index contributed by atoms with van der Waals surface area (Å²) in [6.07, 6.45) is 12.1. The van der Waals surface area contributed by atoms with Crippen molar-refractivity contribution in [1.82, 2.24) is 0 Å². The van der Waals surface area contributed by atoms with Crippen LogP contribution in [0.1, 0.15) is 72.1 Å². The van der Waals surface area contributed by atoms with E-state index in [0.717, 1.165) is 43.8 Å². The van der Waals surface area contributed by atoms with Gasteiger partial charge < -0.3 is 14.6 Å². The van der Waals surface area contributed by atoms with Crippen molar-refractivity contribution in [2.45, 2.75) is 84.0 Å². The number of ether oxygens (including phenoxy) is 2. The van der Waals surface area contributed by atoms with E-state index in [-0.39, 0.29) is 11.9 Å². The summed E-state index contributed by atoms with van der Waals surface area (Å²) in [5, 5.41) is 10.4. The van der Waals surface area contributed by atoms with Crippen LogP contribution in [0.2, 0.25) is 0 Å². The van der Waals surface area contributed by atoms with Crippen LogP contribution >= 0.6 is 0 Å². The quantitative estimate of drug-likeness (QED) is 0.690. The Morgan fingerprint density at radius 1 is 1.04 bits per heavy atom. The van der Waals surface area contributed by atoms with E-state index in [4.69, 9.17) is 9.47 Å². The predicted molar refractivity (Wildman–Crippen MR) is 102 cm³/mol. The first kappa shape index (κ1) is 17.7. The van der Waals surface area contributed by atoms with Gasteiger partial charge >= 0.3 is 0 Å². The average Bonchev–Trinajstić information content (AvgIpc) is 3.20. The fourth-order valence-corrected chi connectivity index (χ4v) is 8.18. The third kappa shape index (κ3) is 2.29. The number of hydrogen-bond acceptors (Lipinski definition) is 3. The highest BCUT2D eigenvalue weighted by atomic mass is 16.7. The van der Waals surface area contributed by atoms with Gasteiger partial charge in [-0.25, -0.2) is 0 Å². The van der Waals surface area contributed by atoms with Gasteiger partial charge in [0, 0.05) is 12.8 Å². The summed E-state index contributed by atoms with van der Waals surface area (Å²) in [6, 6.07) is 0. The van der Waals surface area contributed by atoms with Gasteiger partial charge in [0.05, 0.1) is 19.3 Å². The van der Waals surface area contributed by atoms with Crippen LogP contribution in [0.5, 0.6) is 0 Å². The molecule has 1 spiro atoms. The van der Waals surface area contributed by atoms with Crippen LogP contribution in [-0.2, 0) is 9.47 Å². The fourth-order valence-electron chi connectivity index (χ4n) is 8.18. The summed E-state index contributed by atoms with van der Waals surface area (Å²) in [4.78, 5) is 0. The van der Waals surface area contributed by atoms with Crippen molar-refractivity contribution in [2.24, 2.45) is 34.5 Å². The van der Waals surface area contributed by atoms with Crippen LogP contribution in [0.15, 0.2) is 11.6 Å². The second-order valence-corrected chi connectivity index (χ2v) is 10.5. The summed E-state index contributed by atoms with van der Waals surface area (Å²) in [6.45, 7) is 8.58. The van der Waals surface area contributed by atoms with E-state index in [1.165, 1.54) is 38.5 Å². The molecule has 1 aliphatic heterocycles. The van der Waals surface area contributed by atoms with E-state index in [0.29, 0.717) is 16.7 Å². The van der Waals surface area contributed by atoms with E-state index in [1.54, 1.807) is 5.57 Å². The normalized spacial score (nSPS) is 50.7. The van der Waals surface area contributed by atoms with Crippen LogP contribution in [0.4, 0.5) is 0 Å². The lowest BCUT2D eigenvalue weighted by Gasteiger charge is -2.59. The average molecular weight is 361 g/mol. The first-order valence-electron chi connectivity index (χ1n) is 11.0. The Morgan fingerprint density at radius 2 is 1.81 bits per heavy atom. The Hall–Kier alpha value is -0.380. The number of rotatable bonds is 1. The van der Waals surface area contributed by atoms with Crippen molar-refractivity contribution in [1.29, 1.82) is 0 Å². The molecule has 0 aromatic rings. The van der Waals surface area contributed by atoms with Crippen LogP contribution in [-0.4, -0.2) is 30.2 Å². The van der Waals surface area contributed by atoms with Crippen molar-refractivity contribution in [3.63, 3.8) is 0 Å². The molecule has 146 valence electrons. The van der Waals surface area contributed by atoms with Crippen molar-refractivity contribution in [3.05, 3.63) is 11.6 Å². The van der Waals surface area contributed by atoms with Gasteiger partial charge in [0.15, 0.2) is 5.79 Å². The van der Waals surface area contributed by atoms with Gasteiger partial charge in [-0.2, -0.15) is 0 Å². The highest BCUT2D eigenvalue weighted by molar-refractivity contribution is 5.26. The summed E-state index contributed by atoms with van der Waals surface area (Å²) in [7, 11) is 0. The van der Waals surface area contributed by atoms with Crippen LogP contribution in [0.3, 0.4) is 0 Å². The molecule has 5 aliphatic rings. The van der Waals surface area contributed by atoms with Gasteiger partial charge in [0.2, 0.25) is 0 Å². The minimum atomic E-state index is -0.299. The Kier molecular flexibility index (Phi) is 3.96. The van der Waals surface area contributed by atoms with E-state index in [9.17, 15) is 5.11 Å². The minimum Gasteiger partial charge on any atom is -0.393 e. The van der Waals surface area contributed by atoms with Crippen LogP contribution in [0.25, 0.3) is 0 Å². The fraction of sp³-hybridized carbons (Fsp3) is 0.913. The highest BCUT2D eigenvalue weighted by Crippen LogP contribution is 2.67. The SMILES string of the molecule is CC(O)C1CCC2C3CC=C4CC5(CC[C@]4(C)C3CC[C@]12C)OCCO5. The number of allylic oxidation sites excluding steroid dienone is 1. The summed E-state index contributed by atoms with van der Waals surface area (Å²) in [5.74, 6) is 2.62. The summed E-state index contributed by atoms with van der Waals surface area (Å²) >= 11 is 0. The molecule has 1 saturated heterocycles. The predicted octanol–water partition coefficient (Wildman–Crippen LogP) is 4.69. The van der Waals surface area contributed by atoms with Crippen molar-refractivity contribution >= 4 is 0 Å². The maximum absolute atomic E-state index is 10.4. The maximum Gasteiger partial charge on any atom is 0.172 e. The largest absolute Gasteiger partial charge is 0.393 e. The lowest BCUT2D eigenvalue weighted by Crippen LogP contribution is -2.52. The Bertz CT molecular complexity index is 605. The maximum atomic E-state index is 10.4. The molecule has 3 nitrogen and oxygen atoms in total.